The summed E-state index contributed by atoms with van der Waals surface area (Å²) in [7, 11) is 3.04. The third kappa shape index (κ3) is 3.24. The van der Waals surface area contributed by atoms with E-state index in [0.29, 0.717) is 5.56 Å². The molecule has 0 radical (unpaired) electrons. The Balaban J connectivity index is 2.11. The maximum atomic E-state index is 14.0. The van der Waals surface area contributed by atoms with Crippen LogP contribution in [0.25, 0.3) is 5.76 Å². The molecule has 1 saturated carbocycles. The van der Waals surface area contributed by atoms with Crippen LogP contribution >= 0.6 is 0 Å². The first-order chi connectivity index (χ1) is 16.8. The van der Waals surface area contributed by atoms with Crippen LogP contribution in [0.1, 0.15) is 43.7 Å². The summed E-state index contributed by atoms with van der Waals surface area (Å²) in [6.07, 6.45) is -0.0124. The number of benzene rings is 1. The van der Waals surface area contributed by atoms with E-state index in [1.165, 1.54) is 25.1 Å². The molecule has 10 nitrogen and oxygen atoms in total. The Labute approximate surface area is 207 Å². The van der Waals surface area contributed by atoms with Gasteiger partial charge in [0.25, 0.3) is 5.91 Å². The van der Waals surface area contributed by atoms with Gasteiger partial charge in [-0.1, -0.05) is 26.0 Å². The minimum absolute atomic E-state index is 0.0156. The Morgan fingerprint density at radius 1 is 1.14 bits per heavy atom. The lowest BCUT2D eigenvalue weighted by molar-refractivity contribution is -0.162. The highest BCUT2D eigenvalue weighted by molar-refractivity contribution is 6.24. The molecule has 1 fully saturated rings. The van der Waals surface area contributed by atoms with E-state index in [2.05, 4.69) is 0 Å². The summed E-state index contributed by atoms with van der Waals surface area (Å²) in [6, 6.07) is 3.36. The van der Waals surface area contributed by atoms with Gasteiger partial charge in [0, 0.05) is 30.3 Å². The number of rotatable bonds is 5. The summed E-state index contributed by atoms with van der Waals surface area (Å²) in [4.78, 5) is 53.8. The van der Waals surface area contributed by atoms with Crippen LogP contribution in [0.2, 0.25) is 0 Å². The number of aromatic hydroxyl groups is 1. The van der Waals surface area contributed by atoms with Crippen LogP contribution in [-0.4, -0.2) is 74.3 Å². The second kappa shape index (κ2) is 8.56. The van der Waals surface area contributed by atoms with Crippen molar-refractivity contribution < 1.29 is 39.6 Å². The molecule has 36 heavy (non-hydrogen) atoms. The summed E-state index contributed by atoms with van der Waals surface area (Å²) < 4.78 is 0. The van der Waals surface area contributed by atoms with E-state index < -0.39 is 69.9 Å². The first kappa shape index (κ1) is 25.6. The SMILES string of the molecule is CCC(=O)CC1[C@H]2C(=C(O)c3c(O)cccc3[C@H]2C)C(=O)[C@]2(O)C(O)=C(C(N)=O)C(=O)[C@H](N(C)C)[C@H]12. The Morgan fingerprint density at radius 2 is 1.78 bits per heavy atom. The third-order valence-corrected chi connectivity index (χ3v) is 8.04. The van der Waals surface area contributed by atoms with Crippen LogP contribution < -0.4 is 5.73 Å². The number of phenols is 1. The van der Waals surface area contributed by atoms with Gasteiger partial charge in [-0.3, -0.25) is 24.1 Å². The number of amides is 1. The van der Waals surface area contributed by atoms with Crippen LogP contribution in [0.4, 0.5) is 0 Å². The van der Waals surface area contributed by atoms with Gasteiger partial charge in [0.2, 0.25) is 5.78 Å². The van der Waals surface area contributed by atoms with Crippen molar-refractivity contribution in [3.63, 3.8) is 0 Å². The predicted molar refractivity (Wildman–Crippen MR) is 128 cm³/mol. The molecule has 0 spiro atoms. The molecule has 0 heterocycles. The molecule has 6 atom stereocenters. The number of hydrogen-bond donors (Lipinski definition) is 5. The number of nitrogens with two attached hydrogens (primary N) is 1. The molecule has 1 aromatic rings. The molecular formula is C26H30N2O8. The fourth-order valence-electron chi connectivity index (χ4n) is 6.47. The van der Waals surface area contributed by atoms with Crippen molar-refractivity contribution in [2.45, 2.75) is 44.2 Å². The van der Waals surface area contributed by atoms with Gasteiger partial charge >= 0.3 is 0 Å². The summed E-state index contributed by atoms with van der Waals surface area (Å²) in [6.45, 7) is 3.43. The molecule has 0 aliphatic heterocycles. The molecule has 1 unspecified atom stereocenters. The van der Waals surface area contributed by atoms with Crippen molar-refractivity contribution in [1.29, 1.82) is 0 Å². The van der Waals surface area contributed by atoms with E-state index in [0.717, 1.165) is 0 Å². The van der Waals surface area contributed by atoms with E-state index in [-0.39, 0.29) is 35.5 Å². The number of fused-ring (bicyclic) bond motifs is 3. The quantitative estimate of drug-likeness (QED) is 0.372. The van der Waals surface area contributed by atoms with Gasteiger partial charge < -0.3 is 26.2 Å². The number of carbonyl (C=O) groups excluding carboxylic acids is 4. The fourth-order valence-corrected chi connectivity index (χ4v) is 6.47. The molecule has 0 aromatic heterocycles. The van der Waals surface area contributed by atoms with Gasteiger partial charge in [0.1, 0.15) is 28.6 Å². The molecule has 1 amide bonds. The average molecular weight is 499 g/mol. The lowest BCUT2D eigenvalue weighted by Crippen LogP contribution is -2.69. The molecule has 10 heteroatoms. The summed E-state index contributed by atoms with van der Waals surface area (Å²) in [5.74, 6) is -9.10. The van der Waals surface area contributed by atoms with Crippen molar-refractivity contribution in [2.24, 2.45) is 23.5 Å². The van der Waals surface area contributed by atoms with Crippen molar-refractivity contribution in [3.8, 4) is 5.75 Å². The molecular weight excluding hydrogens is 468 g/mol. The lowest BCUT2D eigenvalue weighted by atomic mass is 9.50. The highest BCUT2D eigenvalue weighted by atomic mass is 16.3. The van der Waals surface area contributed by atoms with Crippen LogP contribution in [0.5, 0.6) is 5.75 Å². The number of nitrogens with zero attached hydrogens (tertiary/aromatic N) is 1. The summed E-state index contributed by atoms with van der Waals surface area (Å²) >= 11 is 0. The van der Waals surface area contributed by atoms with Gasteiger partial charge in [0.05, 0.1) is 11.6 Å². The number of hydrogen-bond acceptors (Lipinski definition) is 9. The van der Waals surface area contributed by atoms with Gasteiger partial charge in [0.15, 0.2) is 11.4 Å². The highest BCUT2D eigenvalue weighted by Crippen LogP contribution is 2.59. The van der Waals surface area contributed by atoms with Crippen LogP contribution in [0, 0.1) is 17.8 Å². The number of ketones is 3. The van der Waals surface area contributed by atoms with Crippen molar-refractivity contribution in [3.05, 3.63) is 46.2 Å². The van der Waals surface area contributed by atoms with Crippen molar-refractivity contribution in [2.75, 3.05) is 14.1 Å². The zero-order valence-corrected chi connectivity index (χ0v) is 20.5. The first-order valence-corrected chi connectivity index (χ1v) is 11.8. The summed E-state index contributed by atoms with van der Waals surface area (Å²) in [5, 5.41) is 44.8. The first-order valence-electron chi connectivity index (χ1n) is 11.8. The lowest BCUT2D eigenvalue weighted by Gasteiger charge is -2.55. The maximum Gasteiger partial charge on any atom is 0.255 e. The highest BCUT2D eigenvalue weighted by Gasteiger charge is 2.68. The number of aliphatic hydroxyl groups is 3. The monoisotopic (exact) mass is 498 g/mol. The molecule has 6 N–H and O–H groups in total. The number of phenolic OH excluding ortho intramolecular Hbond substituents is 1. The number of likely N-dealkylation sites (N-methyl/N-ethyl adjacent to an activating group) is 1. The van der Waals surface area contributed by atoms with Gasteiger partial charge in [-0.2, -0.15) is 0 Å². The molecule has 0 saturated heterocycles. The van der Waals surface area contributed by atoms with Crippen LogP contribution in [0.15, 0.2) is 35.1 Å². The standard InChI is InChI=1S/C26H30N2O8/c1-5-11(29)9-13-15-10(2)12-7-6-8-14(30)16(12)21(31)17(15)23(33)26(36)19(13)20(28(3)4)22(32)18(24(26)34)25(27)35/h6-8,10,13,15,19-20,30-31,34,36H,5,9H2,1-4H3,(H2,27,35)/t10-,13?,15+,19+,20-,26+/m1/s1. The second-order valence-electron chi connectivity index (χ2n) is 10.1. The number of Topliss-reactive ketones (excluding diaryl/α,β-unsaturated/α-hetero) is 3. The summed E-state index contributed by atoms with van der Waals surface area (Å²) in [5.41, 5.74) is 1.94. The van der Waals surface area contributed by atoms with Crippen LogP contribution in [0.3, 0.4) is 0 Å². The maximum absolute atomic E-state index is 14.0. The minimum atomic E-state index is -2.81. The Hall–Kier alpha value is -3.50. The molecule has 3 aliphatic rings. The Bertz CT molecular complexity index is 1260. The van der Waals surface area contributed by atoms with E-state index in [1.54, 1.807) is 26.0 Å². The van der Waals surface area contributed by atoms with Gasteiger partial charge in [-0.05, 0) is 37.6 Å². The molecule has 1 aromatic carbocycles. The fraction of sp³-hybridized carbons (Fsp3) is 0.462. The number of primary amides is 1. The van der Waals surface area contributed by atoms with Crippen molar-refractivity contribution in [1.82, 2.24) is 4.90 Å². The Kier molecular flexibility index (Phi) is 6.09. The third-order valence-electron chi connectivity index (χ3n) is 8.04. The molecule has 3 aliphatic carbocycles. The van der Waals surface area contributed by atoms with E-state index in [4.69, 9.17) is 5.73 Å². The Morgan fingerprint density at radius 3 is 2.33 bits per heavy atom. The zero-order chi connectivity index (χ0) is 26.9. The van der Waals surface area contributed by atoms with E-state index in [9.17, 15) is 39.6 Å². The minimum Gasteiger partial charge on any atom is -0.508 e. The number of carbonyl (C=O) groups is 4. The molecule has 0 bridgehead atoms. The smallest absolute Gasteiger partial charge is 0.255 e. The van der Waals surface area contributed by atoms with E-state index >= 15 is 0 Å². The second-order valence-corrected chi connectivity index (χ2v) is 10.1. The normalized spacial score (nSPS) is 31.8. The van der Waals surface area contributed by atoms with Crippen molar-refractivity contribution >= 4 is 29.0 Å². The predicted octanol–water partition coefficient (Wildman–Crippen LogP) is 1.12. The largest absolute Gasteiger partial charge is 0.508 e. The van der Waals surface area contributed by atoms with Gasteiger partial charge in [-0.15, -0.1) is 0 Å². The molecule has 192 valence electrons. The zero-order valence-electron chi connectivity index (χ0n) is 20.5. The average Bonchev–Trinajstić information content (AvgIpc) is 2.80. The van der Waals surface area contributed by atoms with E-state index in [1.807, 2.05) is 0 Å². The van der Waals surface area contributed by atoms with Gasteiger partial charge in [-0.25, -0.2) is 0 Å². The van der Waals surface area contributed by atoms with Crippen LogP contribution in [-0.2, 0) is 19.2 Å². The molecule has 4 rings (SSSR count). The topological polar surface area (TPSA) is 178 Å². The number of aliphatic hydroxyl groups excluding tert-OH is 2.